The van der Waals surface area contributed by atoms with Crippen molar-refractivity contribution >= 4 is 45.4 Å². The number of halogens is 2. The minimum absolute atomic E-state index is 0.725. The molecule has 0 atom stereocenters. The van der Waals surface area contributed by atoms with Gasteiger partial charge in [-0.05, 0) is 42.0 Å². The summed E-state index contributed by atoms with van der Waals surface area (Å²) in [4.78, 5) is 5.60. The highest BCUT2D eigenvalue weighted by Crippen LogP contribution is 2.25. The zero-order valence-electron chi connectivity index (χ0n) is 11.0. The Bertz CT molecular complexity index is 659. The van der Waals surface area contributed by atoms with Crippen molar-refractivity contribution in [2.24, 2.45) is 0 Å². The van der Waals surface area contributed by atoms with Gasteiger partial charge in [-0.15, -0.1) is 11.3 Å². The van der Waals surface area contributed by atoms with E-state index in [9.17, 15) is 0 Å². The third kappa shape index (κ3) is 3.97. The summed E-state index contributed by atoms with van der Waals surface area (Å²) in [5, 5.41) is 5.63. The summed E-state index contributed by atoms with van der Waals surface area (Å²) in [5.41, 5.74) is 2.20. The number of hydrogen-bond donors (Lipinski definition) is 1. The van der Waals surface area contributed by atoms with E-state index in [0.717, 1.165) is 27.3 Å². The van der Waals surface area contributed by atoms with Gasteiger partial charge in [-0.1, -0.05) is 35.3 Å². The first-order valence-corrected chi connectivity index (χ1v) is 7.98. The van der Waals surface area contributed by atoms with Crippen LogP contribution in [0.1, 0.15) is 10.4 Å². The van der Waals surface area contributed by atoms with Crippen LogP contribution in [0.2, 0.25) is 10.0 Å². The molecule has 5 heteroatoms. The highest BCUT2D eigenvalue weighted by molar-refractivity contribution is 7.15. The maximum atomic E-state index is 5.89. The summed E-state index contributed by atoms with van der Waals surface area (Å²) in [5.74, 6) is 0. The molecule has 2 aromatic carbocycles. The fourth-order valence-corrected chi connectivity index (χ4v) is 3.03. The number of benzene rings is 2. The van der Waals surface area contributed by atoms with Crippen LogP contribution in [0.5, 0.6) is 0 Å². The Morgan fingerprint density at radius 3 is 2.19 bits per heavy atom. The molecule has 0 fully saturated rings. The van der Waals surface area contributed by atoms with Crippen LogP contribution < -0.4 is 5.32 Å². The van der Waals surface area contributed by atoms with Crippen LogP contribution in [-0.4, -0.2) is 4.98 Å². The highest BCUT2D eigenvalue weighted by atomic mass is 35.5. The van der Waals surface area contributed by atoms with Crippen LogP contribution in [-0.2, 0) is 6.42 Å². The molecule has 3 aromatic rings. The van der Waals surface area contributed by atoms with Crippen molar-refractivity contribution in [3.05, 3.63) is 75.2 Å². The lowest BCUT2D eigenvalue weighted by atomic mass is 10.1. The number of thiazole rings is 1. The number of nitrogens with zero attached hydrogens (tertiary/aromatic N) is 1. The second-order valence-corrected chi connectivity index (χ2v) is 6.55. The standard InChI is InChI=1S/C16H12Cl2N2S/c17-12-3-1-11(2-4-12)9-15-10-19-16(21-15)20-14-7-5-13(18)6-8-14/h1-8,10H,9H2,(H,19,20). The van der Waals surface area contributed by atoms with E-state index in [1.54, 1.807) is 11.3 Å². The van der Waals surface area contributed by atoms with Crippen molar-refractivity contribution < 1.29 is 0 Å². The molecule has 0 aliphatic heterocycles. The van der Waals surface area contributed by atoms with Gasteiger partial charge in [0, 0.05) is 33.2 Å². The monoisotopic (exact) mass is 334 g/mol. The third-order valence-electron chi connectivity index (χ3n) is 2.94. The zero-order chi connectivity index (χ0) is 14.7. The van der Waals surface area contributed by atoms with Gasteiger partial charge in [0.05, 0.1) is 0 Å². The summed E-state index contributed by atoms with van der Waals surface area (Å²) in [7, 11) is 0. The molecule has 0 spiro atoms. The number of aromatic nitrogens is 1. The van der Waals surface area contributed by atoms with Crippen LogP contribution in [0.3, 0.4) is 0 Å². The van der Waals surface area contributed by atoms with Gasteiger partial charge in [-0.3, -0.25) is 0 Å². The van der Waals surface area contributed by atoms with Crippen molar-refractivity contribution in [3.63, 3.8) is 0 Å². The summed E-state index contributed by atoms with van der Waals surface area (Å²) in [6.45, 7) is 0. The lowest BCUT2D eigenvalue weighted by Gasteiger charge is -2.01. The Labute approximate surface area is 137 Å². The molecule has 1 N–H and O–H groups in total. The molecule has 2 nitrogen and oxygen atoms in total. The summed E-state index contributed by atoms with van der Waals surface area (Å²) in [6.07, 6.45) is 2.76. The van der Waals surface area contributed by atoms with Crippen molar-refractivity contribution in [2.45, 2.75) is 6.42 Å². The zero-order valence-corrected chi connectivity index (χ0v) is 13.3. The lowest BCUT2D eigenvalue weighted by Crippen LogP contribution is -1.87. The number of nitrogens with one attached hydrogen (secondary N) is 1. The molecule has 1 aromatic heterocycles. The highest BCUT2D eigenvalue weighted by Gasteiger charge is 2.04. The first kappa shape index (κ1) is 14.4. The Balaban J connectivity index is 1.68. The van der Waals surface area contributed by atoms with Gasteiger partial charge < -0.3 is 5.32 Å². The summed E-state index contributed by atoms with van der Waals surface area (Å²) < 4.78 is 0. The number of rotatable bonds is 4. The predicted octanol–water partition coefficient (Wildman–Crippen LogP) is 5.78. The second kappa shape index (κ2) is 6.48. The summed E-state index contributed by atoms with van der Waals surface area (Å²) >= 11 is 13.4. The molecule has 0 saturated carbocycles. The van der Waals surface area contributed by atoms with Crippen LogP contribution in [0, 0.1) is 0 Å². The van der Waals surface area contributed by atoms with Crippen molar-refractivity contribution in [1.82, 2.24) is 4.98 Å². The van der Waals surface area contributed by atoms with Crippen molar-refractivity contribution in [3.8, 4) is 0 Å². The van der Waals surface area contributed by atoms with Gasteiger partial charge in [-0.25, -0.2) is 4.98 Å². The molecule has 0 bridgehead atoms. The average molecular weight is 335 g/mol. The van der Waals surface area contributed by atoms with Crippen molar-refractivity contribution in [2.75, 3.05) is 5.32 Å². The van der Waals surface area contributed by atoms with E-state index in [0.29, 0.717) is 0 Å². The molecule has 1 heterocycles. The number of hydrogen-bond acceptors (Lipinski definition) is 3. The predicted molar refractivity (Wildman–Crippen MR) is 91.1 cm³/mol. The van der Waals surface area contributed by atoms with E-state index in [-0.39, 0.29) is 0 Å². The molecule has 0 radical (unpaired) electrons. The molecule has 0 saturated heterocycles. The minimum Gasteiger partial charge on any atom is -0.332 e. The van der Waals surface area contributed by atoms with Crippen molar-refractivity contribution in [1.29, 1.82) is 0 Å². The normalized spacial score (nSPS) is 10.6. The maximum Gasteiger partial charge on any atom is 0.187 e. The van der Waals surface area contributed by atoms with E-state index >= 15 is 0 Å². The van der Waals surface area contributed by atoms with Gasteiger partial charge in [0.1, 0.15) is 0 Å². The SMILES string of the molecule is Clc1ccc(Cc2cnc(Nc3ccc(Cl)cc3)s2)cc1. The van der Waals surface area contributed by atoms with Gasteiger partial charge in [0.15, 0.2) is 5.13 Å². The van der Waals surface area contributed by atoms with Gasteiger partial charge in [0.25, 0.3) is 0 Å². The van der Waals surface area contributed by atoms with E-state index in [4.69, 9.17) is 23.2 Å². The Hall–Kier alpha value is -1.55. The number of anilines is 2. The second-order valence-electron chi connectivity index (χ2n) is 4.57. The molecule has 3 rings (SSSR count). The van der Waals surface area contributed by atoms with Crippen LogP contribution in [0.4, 0.5) is 10.8 Å². The fourth-order valence-electron chi connectivity index (χ4n) is 1.91. The molecule has 0 aliphatic rings. The van der Waals surface area contributed by atoms with Gasteiger partial charge >= 0.3 is 0 Å². The lowest BCUT2D eigenvalue weighted by molar-refractivity contribution is 1.22. The first-order chi connectivity index (χ1) is 10.2. The van der Waals surface area contributed by atoms with E-state index < -0.39 is 0 Å². The molecule has 0 aliphatic carbocycles. The van der Waals surface area contributed by atoms with E-state index in [1.807, 2.05) is 54.7 Å². The first-order valence-electron chi connectivity index (χ1n) is 6.41. The Kier molecular flexibility index (Phi) is 4.44. The maximum absolute atomic E-state index is 5.89. The van der Waals surface area contributed by atoms with Crippen LogP contribution >= 0.6 is 34.5 Å². The summed E-state index contributed by atoms with van der Waals surface area (Å²) in [6, 6.07) is 15.5. The average Bonchev–Trinajstić information content (AvgIpc) is 2.91. The van der Waals surface area contributed by atoms with E-state index in [1.165, 1.54) is 10.4 Å². The van der Waals surface area contributed by atoms with Gasteiger partial charge in [-0.2, -0.15) is 0 Å². The molecular weight excluding hydrogens is 323 g/mol. The molecule has 0 unspecified atom stereocenters. The quantitative estimate of drug-likeness (QED) is 0.653. The topological polar surface area (TPSA) is 24.9 Å². The Morgan fingerprint density at radius 1 is 0.905 bits per heavy atom. The minimum atomic E-state index is 0.725. The Morgan fingerprint density at radius 2 is 1.52 bits per heavy atom. The molecular formula is C16H12Cl2N2S. The van der Waals surface area contributed by atoms with Crippen LogP contribution in [0.15, 0.2) is 54.7 Å². The molecule has 0 amide bonds. The largest absolute Gasteiger partial charge is 0.332 e. The molecule has 106 valence electrons. The smallest absolute Gasteiger partial charge is 0.187 e. The van der Waals surface area contributed by atoms with Crippen LogP contribution in [0.25, 0.3) is 0 Å². The fraction of sp³-hybridized carbons (Fsp3) is 0.0625. The molecule has 21 heavy (non-hydrogen) atoms. The van der Waals surface area contributed by atoms with Gasteiger partial charge in [0.2, 0.25) is 0 Å². The van der Waals surface area contributed by atoms with E-state index in [2.05, 4.69) is 10.3 Å². The third-order valence-corrected chi connectivity index (χ3v) is 4.36.